The third-order valence-electron chi connectivity index (χ3n) is 6.87. The first-order valence-electron chi connectivity index (χ1n) is 16.8. The number of alkyl carbamates (subject to hydrolysis) is 2. The van der Waals surface area contributed by atoms with E-state index in [1.165, 1.54) is 0 Å². The van der Waals surface area contributed by atoms with E-state index in [-0.39, 0.29) is 39.0 Å². The summed E-state index contributed by atoms with van der Waals surface area (Å²) in [6.45, 7) is 10.7. The third kappa shape index (κ3) is 18.0. The molecule has 0 saturated heterocycles. The summed E-state index contributed by atoms with van der Waals surface area (Å²) in [5, 5.41) is 10.3. The molecular formula is C37H52N4O9. The molecule has 0 spiro atoms. The van der Waals surface area contributed by atoms with Gasteiger partial charge in [-0.25, -0.2) is 9.59 Å². The van der Waals surface area contributed by atoms with E-state index in [1.807, 2.05) is 36.4 Å². The highest BCUT2D eigenvalue weighted by Crippen LogP contribution is 2.12. The van der Waals surface area contributed by atoms with E-state index in [0.717, 1.165) is 11.1 Å². The molecule has 0 bridgehead atoms. The van der Waals surface area contributed by atoms with Crippen molar-refractivity contribution in [3.63, 3.8) is 0 Å². The van der Waals surface area contributed by atoms with Gasteiger partial charge in [-0.3, -0.25) is 19.2 Å². The zero-order valence-corrected chi connectivity index (χ0v) is 30.0. The van der Waals surface area contributed by atoms with Gasteiger partial charge in [-0.15, -0.1) is 0 Å². The first kappa shape index (κ1) is 41.2. The number of unbranched alkanes of at least 4 members (excludes halogenated alkanes) is 1. The zero-order chi connectivity index (χ0) is 37.2. The summed E-state index contributed by atoms with van der Waals surface area (Å²) in [6, 6.07) is 15.8. The fraction of sp³-hybridized carbons (Fsp3) is 0.514. The van der Waals surface area contributed by atoms with E-state index in [2.05, 4.69) is 21.3 Å². The number of amides is 4. The molecule has 2 rings (SSSR count). The van der Waals surface area contributed by atoms with Gasteiger partial charge in [0.25, 0.3) is 5.91 Å². The topological polar surface area (TPSA) is 178 Å². The molecule has 274 valence electrons. The maximum absolute atomic E-state index is 13.6. The van der Waals surface area contributed by atoms with E-state index in [1.54, 1.807) is 65.8 Å². The van der Waals surface area contributed by atoms with Gasteiger partial charge in [-0.2, -0.15) is 0 Å². The van der Waals surface area contributed by atoms with Crippen molar-refractivity contribution in [1.82, 2.24) is 21.3 Å². The fourth-order valence-corrected chi connectivity index (χ4v) is 4.56. The van der Waals surface area contributed by atoms with E-state index in [4.69, 9.17) is 14.2 Å². The van der Waals surface area contributed by atoms with Crippen LogP contribution >= 0.6 is 0 Å². The predicted molar refractivity (Wildman–Crippen MR) is 187 cm³/mol. The molecule has 0 aliphatic carbocycles. The summed E-state index contributed by atoms with van der Waals surface area (Å²) in [5.74, 6) is -3.12. The van der Waals surface area contributed by atoms with Crippen LogP contribution in [-0.2, 0) is 46.4 Å². The highest BCUT2D eigenvalue weighted by atomic mass is 16.6. The van der Waals surface area contributed by atoms with Crippen LogP contribution in [0.3, 0.4) is 0 Å². The largest absolute Gasteiger partial charge is 0.460 e. The molecule has 4 N–H and O–H groups in total. The van der Waals surface area contributed by atoms with Crippen LogP contribution in [0.4, 0.5) is 9.59 Å². The number of carbonyl (C=O) groups excluding carboxylic acids is 6. The van der Waals surface area contributed by atoms with Crippen molar-refractivity contribution in [3.8, 4) is 0 Å². The number of Topliss-reactive ketones (excluding diaryl/α,β-unsaturated/α-hetero) is 1. The van der Waals surface area contributed by atoms with Crippen molar-refractivity contribution >= 4 is 35.8 Å². The van der Waals surface area contributed by atoms with Gasteiger partial charge in [0.15, 0.2) is 0 Å². The molecule has 0 fully saturated rings. The lowest BCUT2D eigenvalue weighted by Crippen LogP contribution is -2.54. The molecule has 0 aromatic heterocycles. The normalized spacial score (nSPS) is 12.4. The van der Waals surface area contributed by atoms with Crippen molar-refractivity contribution in [2.24, 2.45) is 0 Å². The van der Waals surface area contributed by atoms with E-state index in [9.17, 15) is 28.8 Å². The van der Waals surface area contributed by atoms with Crippen LogP contribution in [0.25, 0.3) is 0 Å². The number of nitrogens with one attached hydrogen (secondary N) is 4. The summed E-state index contributed by atoms with van der Waals surface area (Å²) in [7, 11) is 0. The van der Waals surface area contributed by atoms with Crippen LogP contribution in [0.2, 0.25) is 0 Å². The van der Waals surface area contributed by atoms with Crippen LogP contribution in [0.1, 0.15) is 84.8 Å². The van der Waals surface area contributed by atoms with Crippen LogP contribution < -0.4 is 21.3 Å². The molecule has 0 saturated carbocycles. The highest BCUT2D eigenvalue weighted by Gasteiger charge is 2.31. The Hall–Kier alpha value is -4.94. The van der Waals surface area contributed by atoms with E-state index < -0.39 is 59.0 Å². The molecule has 2 atom stereocenters. The molecule has 2 aromatic rings. The molecule has 0 heterocycles. The SMILES string of the molecule is CC(C)(C)OC(=O)CC[C@H](NC(=O)OCc1ccccc1)C(=O)N[C@@H](CCCCNC(=O)OC(C)(C)C)C(=O)C(=O)NCCc1ccccc1. The smallest absolute Gasteiger partial charge is 0.408 e. The Morgan fingerprint density at radius 1 is 0.640 bits per heavy atom. The predicted octanol–water partition coefficient (Wildman–Crippen LogP) is 4.51. The number of benzene rings is 2. The molecule has 50 heavy (non-hydrogen) atoms. The van der Waals surface area contributed by atoms with Gasteiger partial charge in [0.05, 0.1) is 6.04 Å². The highest BCUT2D eigenvalue weighted by molar-refractivity contribution is 6.38. The summed E-state index contributed by atoms with van der Waals surface area (Å²) in [6.07, 6.45) is -0.561. The monoisotopic (exact) mass is 696 g/mol. The second-order valence-electron chi connectivity index (χ2n) is 13.7. The molecule has 13 heteroatoms. The second-order valence-corrected chi connectivity index (χ2v) is 13.7. The molecule has 0 aliphatic heterocycles. The van der Waals surface area contributed by atoms with Gasteiger partial charge in [-0.05, 0) is 84.8 Å². The van der Waals surface area contributed by atoms with Crippen molar-refractivity contribution in [2.75, 3.05) is 13.1 Å². The van der Waals surface area contributed by atoms with Crippen molar-refractivity contribution in [1.29, 1.82) is 0 Å². The number of hydrogen-bond donors (Lipinski definition) is 4. The van der Waals surface area contributed by atoms with Crippen molar-refractivity contribution in [2.45, 2.75) is 110 Å². The summed E-state index contributed by atoms with van der Waals surface area (Å²) in [5.41, 5.74) is 0.269. The van der Waals surface area contributed by atoms with Crippen LogP contribution in [0, 0.1) is 0 Å². The minimum absolute atomic E-state index is 0.0594. The number of esters is 1. The van der Waals surface area contributed by atoms with E-state index >= 15 is 0 Å². The first-order valence-corrected chi connectivity index (χ1v) is 16.8. The van der Waals surface area contributed by atoms with E-state index in [0.29, 0.717) is 19.3 Å². The lowest BCUT2D eigenvalue weighted by Gasteiger charge is -2.24. The minimum Gasteiger partial charge on any atom is -0.460 e. The zero-order valence-electron chi connectivity index (χ0n) is 30.0. The number of carbonyl (C=O) groups is 6. The number of rotatable bonds is 18. The maximum atomic E-state index is 13.6. The second kappa shape index (κ2) is 20.5. The Balaban J connectivity index is 2.13. The summed E-state index contributed by atoms with van der Waals surface area (Å²) < 4.78 is 15.9. The number of hydrogen-bond acceptors (Lipinski definition) is 9. The summed E-state index contributed by atoms with van der Waals surface area (Å²) in [4.78, 5) is 77.2. The quantitative estimate of drug-likeness (QED) is 0.0756. The molecule has 0 unspecified atom stereocenters. The fourth-order valence-electron chi connectivity index (χ4n) is 4.56. The van der Waals surface area contributed by atoms with Crippen LogP contribution in [-0.4, -0.2) is 72.1 Å². The van der Waals surface area contributed by atoms with Gasteiger partial charge < -0.3 is 35.5 Å². The Bertz CT molecular complexity index is 1400. The molecule has 0 radical (unpaired) electrons. The molecule has 4 amide bonds. The van der Waals surface area contributed by atoms with Gasteiger partial charge in [0.1, 0.15) is 23.9 Å². The minimum atomic E-state index is -1.30. The molecular weight excluding hydrogens is 644 g/mol. The first-order chi connectivity index (χ1) is 23.5. The number of ketones is 1. The van der Waals surface area contributed by atoms with Gasteiger partial charge in [0, 0.05) is 19.5 Å². The molecule has 2 aromatic carbocycles. The van der Waals surface area contributed by atoms with Crippen molar-refractivity contribution in [3.05, 3.63) is 71.8 Å². The van der Waals surface area contributed by atoms with Gasteiger partial charge in [0.2, 0.25) is 11.7 Å². The lowest BCUT2D eigenvalue weighted by atomic mass is 10.0. The van der Waals surface area contributed by atoms with Crippen LogP contribution in [0.5, 0.6) is 0 Å². The Labute approximate surface area is 294 Å². The van der Waals surface area contributed by atoms with Gasteiger partial charge in [-0.1, -0.05) is 60.7 Å². The average molecular weight is 697 g/mol. The van der Waals surface area contributed by atoms with Crippen LogP contribution in [0.15, 0.2) is 60.7 Å². The van der Waals surface area contributed by atoms with Crippen molar-refractivity contribution < 1.29 is 43.0 Å². The Morgan fingerprint density at radius 2 is 1.24 bits per heavy atom. The third-order valence-corrected chi connectivity index (χ3v) is 6.87. The Kier molecular flexibility index (Phi) is 16.9. The lowest BCUT2D eigenvalue weighted by molar-refractivity contribution is -0.155. The Morgan fingerprint density at radius 3 is 1.84 bits per heavy atom. The average Bonchev–Trinajstić information content (AvgIpc) is 3.03. The standard InChI is InChI=1S/C37H52N4O9/c1-36(2,3)49-30(42)21-20-29(41-35(47)48-25-27-17-11-8-12-18-27)32(44)40-28(19-13-14-23-39-34(46)50-37(4,5)6)31(43)33(45)38-24-22-26-15-9-7-10-16-26/h7-12,15-18,28-29H,13-14,19-25H2,1-6H3,(H,38,45)(H,39,46)(H,40,44)(H,41,47)/t28-,29-/m0/s1. The summed E-state index contributed by atoms with van der Waals surface area (Å²) >= 11 is 0. The molecule has 0 aliphatic rings. The maximum Gasteiger partial charge on any atom is 0.408 e. The number of ether oxygens (including phenoxy) is 3. The van der Waals surface area contributed by atoms with Gasteiger partial charge >= 0.3 is 18.2 Å². The molecule has 13 nitrogen and oxygen atoms in total.